The van der Waals surface area contributed by atoms with Crippen molar-refractivity contribution in [1.29, 1.82) is 0 Å². The number of halogens is 1. The molecule has 0 amide bonds. The summed E-state index contributed by atoms with van der Waals surface area (Å²) >= 11 is 3.45. The van der Waals surface area contributed by atoms with Crippen LogP contribution in [0.1, 0.15) is 12.1 Å². The zero-order chi connectivity index (χ0) is 13.0. The van der Waals surface area contributed by atoms with E-state index in [9.17, 15) is 0 Å². The molecule has 3 nitrogen and oxygen atoms in total. The normalized spacial score (nSPS) is 10.8. The summed E-state index contributed by atoms with van der Waals surface area (Å²) in [7, 11) is 3.98. The van der Waals surface area contributed by atoms with Crippen LogP contribution in [-0.4, -0.2) is 23.4 Å². The lowest BCUT2D eigenvalue weighted by atomic mass is 10.1. The van der Waals surface area contributed by atoms with Crippen molar-refractivity contribution in [2.45, 2.75) is 12.8 Å². The molecule has 1 aromatic carbocycles. The van der Waals surface area contributed by atoms with Crippen molar-refractivity contribution in [2.24, 2.45) is 7.05 Å². The monoisotopic (exact) mass is 307 g/mol. The van der Waals surface area contributed by atoms with Gasteiger partial charge < -0.3 is 5.32 Å². The largest absolute Gasteiger partial charge is 0.320 e. The van der Waals surface area contributed by atoms with Crippen LogP contribution in [0.4, 0.5) is 0 Å². The summed E-state index contributed by atoms with van der Waals surface area (Å²) in [4.78, 5) is 0. The van der Waals surface area contributed by atoms with Gasteiger partial charge in [-0.2, -0.15) is 5.10 Å². The first kappa shape index (κ1) is 13.3. The molecule has 1 N–H and O–H groups in total. The van der Waals surface area contributed by atoms with Crippen molar-refractivity contribution in [1.82, 2.24) is 15.1 Å². The third-order valence-corrected chi connectivity index (χ3v) is 3.46. The van der Waals surface area contributed by atoms with E-state index in [1.54, 1.807) is 0 Å². The molecule has 0 aliphatic rings. The molecule has 0 bridgehead atoms. The van der Waals surface area contributed by atoms with Gasteiger partial charge in [0, 0.05) is 11.5 Å². The van der Waals surface area contributed by atoms with Crippen LogP contribution in [-0.2, 0) is 13.5 Å². The zero-order valence-electron chi connectivity index (χ0n) is 10.8. The van der Waals surface area contributed by atoms with E-state index < -0.39 is 0 Å². The number of aryl methyl sites for hydroxylation is 2. The van der Waals surface area contributed by atoms with Crippen LogP contribution in [0.5, 0.6) is 0 Å². The van der Waals surface area contributed by atoms with Gasteiger partial charge >= 0.3 is 0 Å². The molecule has 2 rings (SSSR count). The maximum absolute atomic E-state index is 4.56. The fraction of sp³-hybridized carbons (Fsp3) is 0.357. The van der Waals surface area contributed by atoms with E-state index in [-0.39, 0.29) is 0 Å². The van der Waals surface area contributed by atoms with Crippen LogP contribution in [0.2, 0.25) is 0 Å². The lowest BCUT2D eigenvalue weighted by molar-refractivity contribution is 0.691. The van der Waals surface area contributed by atoms with Gasteiger partial charge in [0.25, 0.3) is 0 Å². The third-order valence-electron chi connectivity index (χ3n) is 2.93. The quantitative estimate of drug-likeness (QED) is 0.861. The summed E-state index contributed by atoms with van der Waals surface area (Å²) in [5.74, 6) is 0. The predicted molar refractivity (Wildman–Crippen MR) is 78.6 cm³/mol. The Kier molecular flexibility index (Phi) is 4.55. The highest BCUT2D eigenvalue weighted by molar-refractivity contribution is 9.10. The highest BCUT2D eigenvalue weighted by atomic mass is 79.9. The number of hydrogen-bond acceptors (Lipinski definition) is 2. The van der Waals surface area contributed by atoms with Gasteiger partial charge in [0.05, 0.1) is 11.4 Å². The van der Waals surface area contributed by atoms with Crippen molar-refractivity contribution >= 4 is 15.9 Å². The zero-order valence-corrected chi connectivity index (χ0v) is 12.4. The fourth-order valence-electron chi connectivity index (χ4n) is 1.99. The Morgan fingerprint density at radius 1 is 1.28 bits per heavy atom. The van der Waals surface area contributed by atoms with Gasteiger partial charge in [-0.05, 0) is 50.2 Å². The summed E-state index contributed by atoms with van der Waals surface area (Å²) in [6, 6.07) is 10.5. The third kappa shape index (κ3) is 3.21. The molecule has 2 aromatic rings. The Balaban J connectivity index is 2.16. The SMILES string of the molecule is CNCCCc1cc(-c2ccc(Br)cc2)n(C)n1. The predicted octanol–water partition coefficient (Wildman–Crippen LogP) is 3.00. The Hall–Kier alpha value is -1.13. The Morgan fingerprint density at radius 2 is 2.00 bits per heavy atom. The fourth-order valence-corrected chi connectivity index (χ4v) is 2.25. The molecule has 18 heavy (non-hydrogen) atoms. The molecule has 1 aromatic heterocycles. The highest BCUT2D eigenvalue weighted by Gasteiger charge is 2.07. The second kappa shape index (κ2) is 6.16. The van der Waals surface area contributed by atoms with Crippen LogP contribution in [0, 0.1) is 0 Å². The number of hydrogen-bond donors (Lipinski definition) is 1. The highest BCUT2D eigenvalue weighted by Crippen LogP contribution is 2.22. The molecule has 0 aliphatic heterocycles. The minimum atomic E-state index is 1.02. The maximum atomic E-state index is 4.56. The van der Waals surface area contributed by atoms with Gasteiger partial charge in [0.15, 0.2) is 0 Å². The first-order valence-corrected chi connectivity index (χ1v) is 6.93. The summed E-state index contributed by atoms with van der Waals surface area (Å²) in [5.41, 5.74) is 3.53. The molecule has 0 unspecified atom stereocenters. The van der Waals surface area contributed by atoms with E-state index >= 15 is 0 Å². The molecule has 0 radical (unpaired) electrons. The molecule has 1 heterocycles. The first-order chi connectivity index (χ1) is 8.70. The summed E-state index contributed by atoms with van der Waals surface area (Å²) in [6.07, 6.45) is 2.14. The number of rotatable bonds is 5. The van der Waals surface area contributed by atoms with Gasteiger partial charge in [-0.3, -0.25) is 4.68 Å². The molecule has 0 saturated heterocycles. The average Bonchev–Trinajstić information content (AvgIpc) is 2.72. The van der Waals surface area contributed by atoms with Crippen molar-refractivity contribution in [3.8, 4) is 11.3 Å². The molecular formula is C14H18BrN3. The Morgan fingerprint density at radius 3 is 2.67 bits per heavy atom. The van der Waals surface area contributed by atoms with E-state index in [0.717, 1.165) is 29.6 Å². The average molecular weight is 308 g/mol. The molecule has 0 fully saturated rings. The van der Waals surface area contributed by atoms with Crippen molar-refractivity contribution < 1.29 is 0 Å². The van der Waals surface area contributed by atoms with E-state index in [2.05, 4.69) is 56.7 Å². The molecular weight excluding hydrogens is 290 g/mol. The van der Waals surface area contributed by atoms with Crippen LogP contribution < -0.4 is 5.32 Å². The second-order valence-electron chi connectivity index (χ2n) is 4.36. The lowest BCUT2D eigenvalue weighted by Gasteiger charge is -2.01. The van der Waals surface area contributed by atoms with Crippen molar-refractivity contribution in [3.05, 3.63) is 40.5 Å². The van der Waals surface area contributed by atoms with Crippen LogP contribution >= 0.6 is 15.9 Å². The van der Waals surface area contributed by atoms with Gasteiger partial charge in [-0.1, -0.05) is 28.1 Å². The molecule has 0 spiro atoms. The smallest absolute Gasteiger partial charge is 0.0681 e. The minimum Gasteiger partial charge on any atom is -0.320 e. The van der Waals surface area contributed by atoms with Gasteiger partial charge in [-0.25, -0.2) is 0 Å². The lowest BCUT2D eigenvalue weighted by Crippen LogP contribution is -2.08. The molecule has 96 valence electrons. The van der Waals surface area contributed by atoms with E-state index in [4.69, 9.17) is 0 Å². The molecule has 4 heteroatoms. The number of aromatic nitrogens is 2. The van der Waals surface area contributed by atoms with Gasteiger partial charge in [-0.15, -0.1) is 0 Å². The van der Waals surface area contributed by atoms with Gasteiger partial charge in [0.1, 0.15) is 0 Å². The number of nitrogens with zero attached hydrogens (tertiary/aromatic N) is 2. The summed E-state index contributed by atoms with van der Waals surface area (Å²) < 4.78 is 3.06. The first-order valence-electron chi connectivity index (χ1n) is 6.14. The van der Waals surface area contributed by atoms with Crippen LogP contribution in [0.3, 0.4) is 0 Å². The van der Waals surface area contributed by atoms with Gasteiger partial charge in [0.2, 0.25) is 0 Å². The Bertz CT molecular complexity index is 502. The summed E-state index contributed by atoms with van der Waals surface area (Å²) in [5, 5.41) is 7.72. The molecule has 0 saturated carbocycles. The topological polar surface area (TPSA) is 29.9 Å². The Labute approximate surface area is 116 Å². The summed E-state index contributed by atoms with van der Waals surface area (Å²) in [6.45, 7) is 1.03. The second-order valence-corrected chi connectivity index (χ2v) is 5.27. The van der Waals surface area contributed by atoms with Crippen molar-refractivity contribution in [2.75, 3.05) is 13.6 Å². The van der Waals surface area contributed by atoms with Crippen molar-refractivity contribution in [3.63, 3.8) is 0 Å². The van der Waals surface area contributed by atoms with E-state index in [0.29, 0.717) is 0 Å². The van der Waals surface area contributed by atoms with E-state index in [1.165, 1.54) is 11.3 Å². The standard InChI is InChI=1S/C14H18BrN3/c1-16-9-3-4-13-10-14(18(2)17-13)11-5-7-12(15)8-6-11/h5-8,10,16H,3-4,9H2,1-2H3. The van der Waals surface area contributed by atoms with E-state index in [1.807, 2.05) is 18.8 Å². The number of nitrogens with one attached hydrogen (secondary N) is 1. The number of benzene rings is 1. The minimum absolute atomic E-state index is 1.02. The molecule has 0 aliphatic carbocycles. The van der Waals surface area contributed by atoms with Crippen LogP contribution in [0.15, 0.2) is 34.8 Å². The molecule has 0 atom stereocenters. The van der Waals surface area contributed by atoms with Crippen LogP contribution in [0.25, 0.3) is 11.3 Å². The maximum Gasteiger partial charge on any atom is 0.0681 e.